The number of ether oxygens (including phenoxy) is 3. The number of anilines is 4. The Hall–Kier alpha value is -4.85. The number of benzene rings is 3. The molecule has 0 bridgehead atoms. The van der Waals surface area contributed by atoms with Gasteiger partial charge in [0.05, 0.1) is 38.2 Å². The molecule has 0 aliphatic carbocycles. The smallest absolute Gasteiger partial charge is 0.229 e. The molecule has 8 heteroatoms. The molecule has 0 radical (unpaired) electrons. The van der Waals surface area contributed by atoms with Crippen LogP contribution in [0.2, 0.25) is 0 Å². The van der Waals surface area contributed by atoms with Gasteiger partial charge in [-0.1, -0.05) is 48.5 Å². The topological polar surface area (TPSA) is 90.4 Å². The van der Waals surface area contributed by atoms with Crippen molar-refractivity contribution in [3.8, 4) is 28.5 Å². The first kappa shape index (κ1) is 22.9. The summed E-state index contributed by atoms with van der Waals surface area (Å²) < 4.78 is 16.3. The summed E-state index contributed by atoms with van der Waals surface area (Å²) in [5.41, 5.74) is 4.31. The van der Waals surface area contributed by atoms with Crippen molar-refractivity contribution in [2.45, 2.75) is 0 Å². The van der Waals surface area contributed by atoms with E-state index in [1.807, 2.05) is 60.7 Å². The maximum Gasteiger partial charge on any atom is 0.229 e. The van der Waals surface area contributed by atoms with Gasteiger partial charge in [-0.25, -0.2) is 9.97 Å². The van der Waals surface area contributed by atoms with E-state index < -0.39 is 0 Å². The minimum absolute atomic E-state index is 0.407. The average Bonchev–Trinajstić information content (AvgIpc) is 2.92. The molecule has 0 aliphatic heterocycles. The van der Waals surface area contributed by atoms with Crippen molar-refractivity contribution >= 4 is 34.0 Å². The van der Waals surface area contributed by atoms with Crippen LogP contribution in [0.25, 0.3) is 22.2 Å². The van der Waals surface area contributed by atoms with Gasteiger partial charge < -0.3 is 24.8 Å². The van der Waals surface area contributed by atoms with E-state index in [2.05, 4.69) is 26.7 Å². The van der Waals surface area contributed by atoms with Crippen LogP contribution >= 0.6 is 0 Å². The predicted molar refractivity (Wildman–Crippen MR) is 142 cm³/mol. The maximum absolute atomic E-state index is 5.45. The van der Waals surface area contributed by atoms with Crippen LogP contribution in [-0.2, 0) is 0 Å². The second-order valence-corrected chi connectivity index (χ2v) is 7.87. The Morgan fingerprint density at radius 3 is 2.14 bits per heavy atom. The lowest BCUT2D eigenvalue weighted by atomic mass is 10.1. The Morgan fingerprint density at radius 1 is 0.694 bits per heavy atom. The SMILES string of the molecule is COc1cc(Nc2nccc(Nc3cc4ccccc4nc3-c3ccccc3)n2)cc(OC)c1OC. The maximum atomic E-state index is 5.45. The highest BCUT2D eigenvalue weighted by atomic mass is 16.5. The van der Waals surface area contributed by atoms with Gasteiger partial charge in [-0.3, -0.25) is 0 Å². The highest BCUT2D eigenvalue weighted by molar-refractivity contribution is 5.90. The summed E-state index contributed by atoms with van der Waals surface area (Å²) >= 11 is 0. The second-order valence-electron chi connectivity index (χ2n) is 7.87. The van der Waals surface area contributed by atoms with Crippen molar-refractivity contribution in [1.29, 1.82) is 0 Å². The van der Waals surface area contributed by atoms with E-state index in [4.69, 9.17) is 19.2 Å². The number of aromatic nitrogens is 3. The van der Waals surface area contributed by atoms with Crippen LogP contribution in [0.3, 0.4) is 0 Å². The molecular formula is C28H25N5O3. The summed E-state index contributed by atoms with van der Waals surface area (Å²) in [6, 6.07) is 25.6. The first-order valence-corrected chi connectivity index (χ1v) is 11.3. The molecule has 0 aliphatic rings. The minimum atomic E-state index is 0.407. The summed E-state index contributed by atoms with van der Waals surface area (Å²) in [4.78, 5) is 14.0. The van der Waals surface area contributed by atoms with E-state index in [-0.39, 0.29) is 0 Å². The average molecular weight is 480 g/mol. The van der Waals surface area contributed by atoms with Crippen molar-refractivity contribution in [3.05, 3.63) is 85.1 Å². The molecule has 0 saturated carbocycles. The summed E-state index contributed by atoms with van der Waals surface area (Å²) in [5.74, 6) is 2.60. The van der Waals surface area contributed by atoms with Crippen LogP contribution in [0.5, 0.6) is 17.2 Å². The second kappa shape index (κ2) is 10.2. The van der Waals surface area contributed by atoms with Gasteiger partial charge in [-0.05, 0) is 18.2 Å². The molecule has 3 aromatic carbocycles. The Labute approximate surface area is 208 Å². The molecule has 0 amide bonds. The van der Waals surface area contributed by atoms with Crippen molar-refractivity contribution < 1.29 is 14.2 Å². The number of fused-ring (bicyclic) bond motifs is 1. The first-order chi connectivity index (χ1) is 17.7. The summed E-state index contributed by atoms with van der Waals surface area (Å²) in [6.45, 7) is 0. The molecule has 0 spiro atoms. The van der Waals surface area contributed by atoms with Crippen LogP contribution in [0.4, 0.5) is 23.1 Å². The van der Waals surface area contributed by atoms with Gasteiger partial charge in [0.25, 0.3) is 0 Å². The van der Waals surface area contributed by atoms with Gasteiger partial charge in [0, 0.05) is 35.0 Å². The van der Waals surface area contributed by atoms with Gasteiger partial charge in [0.15, 0.2) is 11.5 Å². The molecule has 0 unspecified atom stereocenters. The normalized spacial score (nSPS) is 10.6. The molecule has 5 aromatic rings. The number of nitrogens with zero attached hydrogens (tertiary/aromatic N) is 3. The molecule has 2 heterocycles. The number of methoxy groups -OCH3 is 3. The zero-order chi connectivity index (χ0) is 24.9. The highest BCUT2D eigenvalue weighted by Crippen LogP contribution is 2.40. The zero-order valence-electron chi connectivity index (χ0n) is 20.1. The molecule has 0 fully saturated rings. The minimum Gasteiger partial charge on any atom is -0.493 e. The third-order valence-electron chi connectivity index (χ3n) is 5.61. The molecular weight excluding hydrogens is 454 g/mol. The van der Waals surface area contributed by atoms with E-state index in [1.54, 1.807) is 39.7 Å². The van der Waals surface area contributed by atoms with Gasteiger partial charge in [-0.2, -0.15) is 4.98 Å². The molecule has 0 saturated heterocycles. The fraction of sp³-hybridized carbons (Fsp3) is 0.107. The third kappa shape index (κ3) is 4.69. The Balaban J connectivity index is 1.48. The van der Waals surface area contributed by atoms with E-state index in [9.17, 15) is 0 Å². The molecule has 8 nitrogen and oxygen atoms in total. The van der Waals surface area contributed by atoms with Gasteiger partial charge in [-0.15, -0.1) is 0 Å². The van der Waals surface area contributed by atoms with E-state index in [0.717, 1.165) is 27.8 Å². The molecule has 0 atom stereocenters. The Bertz CT molecular complexity index is 1480. The Kier molecular flexibility index (Phi) is 6.48. The van der Waals surface area contributed by atoms with Crippen molar-refractivity contribution in [1.82, 2.24) is 15.0 Å². The van der Waals surface area contributed by atoms with Crippen molar-refractivity contribution in [2.24, 2.45) is 0 Å². The largest absolute Gasteiger partial charge is 0.493 e. The number of pyridine rings is 1. The van der Waals surface area contributed by atoms with Crippen molar-refractivity contribution in [2.75, 3.05) is 32.0 Å². The predicted octanol–water partition coefficient (Wildman–Crippen LogP) is 6.20. The van der Waals surface area contributed by atoms with Crippen LogP contribution in [0.15, 0.2) is 85.1 Å². The van der Waals surface area contributed by atoms with Crippen LogP contribution < -0.4 is 24.8 Å². The van der Waals surface area contributed by atoms with Crippen molar-refractivity contribution in [3.63, 3.8) is 0 Å². The number of rotatable bonds is 8. The monoisotopic (exact) mass is 479 g/mol. The first-order valence-electron chi connectivity index (χ1n) is 11.3. The fourth-order valence-corrected chi connectivity index (χ4v) is 3.94. The lowest BCUT2D eigenvalue weighted by Gasteiger charge is -2.15. The molecule has 5 rings (SSSR count). The number of nitrogens with one attached hydrogen (secondary N) is 2. The van der Waals surface area contributed by atoms with Crippen LogP contribution in [0, 0.1) is 0 Å². The van der Waals surface area contributed by atoms with Crippen LogP contribution in [-0.4, -0.2) is 36.3 Å². The van der Waals surface area contributed by atoms with Gasteiger partial charge in [0.1, 0.15) is 5.82 Å². The third-order valence-corrected chi connectivity index (χ3v) is 5.61. The van der Waals surface area contributed by atoms with Crippen LogP contribution in [0.1, 0.15) is 0 Å². The van der Waals surface area contributed by atoms with E-state index in [1.165, 1.54) is 0 Å². The van der Waals surface area contributed by atoms with E-state index in [0.29, 0.717) is 34.7 Å². The lowest BCUT2D eigenvalue weighted by Crippen LogP contribution is -2.03. The number of hydrogen-bond acceptors (Lipinski definition) is 8. The van der Waals surface area contributed by atoms with E-state index >= 15 is 0 Å². The lowest BCUT2D eigenvalue weighted by molar-refractivity contribution is 0.324. The standard InChI is InChI=1S/C28H25N5O3/c1-34-23-16-20(17-24(35-2)27(23)36-3)30-28-29-14-13-25(33-28)31-22-15-19-11-7-8-12-21(19)32-26(22)18-9-5-4-6-10-18/h4-17H,1-3H3,(H2,29,30,31,33). The molecule has 36 heavy (non-hydrogen) atoms. The van der Waals surface area contributed by atoms with Gasteiger partial charge >= 0.3 is 0 Å². The zero-order valence-corrected chi connectivity index (χ0v) is 20.1. The number of hydrogen-bond donors (Lipinski definition) is 2. The molecule has 2 N–H and O–H groups in total. The van der Waals surface area contributed by atoms with Gasteiger partial charge in [0.2, 0.25) is 11.7 Å². The summed E-state index contributed by atoms with van der Waals surface area (Å²) in [6.07, 6.45) is 1.69. The number of para-hydroxylation sites is 1. The molecule has 180 valence electrons. The fourth-order valence-electron chi connectivity index (χ4n) is 3.94. The quantitative estimate of drug-likeness (QED) is 0.272. The highest BCUT2D eigenvalue weighted by Gasteiger charge is 2.15. The molecule has 2 aromatic heterocycles. The summed E-state index contributed by atoms with van der Waals surface area (Å²) in [5, 5.41) is 7.68. The Morgan fingerprint density at radius 2 is 1.42 bits per heavy atom. The summed E-state index contributed by atoms with van der Waals surface area (Å²) in [7, 11) is 4.71.